The molecule has 0 aromatic carbocycles. The third-order valence-electron chi connectivity index (χ3n) is 2.77. The smallest absolute Gasteiger partial charge is 0.133 e. The zero-order valence-corrected chi connectivity index (χ0v) is 13.1. The van der Waals surface area contributed by atoms with Crippen molar-refractivity contribution in [3.63, 3.8) is 0 Å². The van der Waals surface area contributed by atoms with Crippen LogP contribution >= 0.6 is 22.7 Å². The van der Waals surface area contributed by atoms with Gasteiger partial charge >= 0.3 is 0 Å². The summed E-state index contributed by atoms with van der Waals surface area (Å²) in [5.74, 6) is 0. The first-order valence-corrected chi connectivity index (χ1v) is 8.27. The molecule has 1 N–H and O–H groups in total. The molecule has 0 aliphatic heterocycles. The molecule has 0 fully saturated rings. The van der Waals surface area contributed by atoms with Gasteiger partial charge in [-0.25, -0.2) is 4.98 Å². The van der Waals surface area contributed by atoms with Gasteiger partial charge in [-0.3, -0.25) is 0 Å². The molecule has 0 atom stereocenters. The van der Waals surface area contributed by atoms with Crippen molar-refractivity contribution >= 4 is 22.7 Å². The molecule has 0 bridgehead atoms. The van der Waals surface area contributed by atoms with Gasteiger partial charge in [0.15, 0.2) is 0 Å². The largest absolute Gasteiger partial charge is 0.383 e. The molecule has 0 spiro atoms. The number of nitrogens with zero attached hydrogens (tertiary/aromatic N) is 1. The highest BCUT2D eigenvalue weighted by atomic mass is 32.1. The van der Waals surface area contributed by atoms with Crippen molar-refractivity contribution in [1.29, 1.82) is 0 Å². The lowest BCUT2D eigenvalue weighted by molar-refractivity contribution is 0.199. The highest BCUT2D eigenvalue weighted by Gasteiger charge is 2.12. The molecule has 2 heterocycles. The molecule has 19 heavy (non-hydrogen) atoms. The second kappa shape index (κ2) is 7.75. The Morgan fingerprint density at radius 1 is 1.42 bits per heavy atom. The fraction of sp³-hybridized carbons (Fsp3) is 0.500. The number of hydrogen-bond donors (Lipinski definition) is 1. The van der Waals surface area contributed by atoms with Gasteiger partial charge in [-0.1, -0.05) is 19.4 Å². The number of hydrogen-bond acceptors (Lipinski definition) is 5. The maximum atomic E-state index is 5.05. The van der Waals surface area contributed by atoms with Crippen molar-refractivity contribution < 1.29 is 4.74 Å². The van der Waals surface area contributed by atoms with Crippen molar-refractivity contribution in [1.82, 2.24) is 10.3 Å². The van der Waals surface area contributed by atoms with Crippen LogP contribution in [-0.4, -0.2) is 25.2 Å². The molecule has 0 saturated heterocycles. The van der Waals surface area contributed by atoms with Gasteiger partial charge in [-0.05, 0) is 17.9 Å². The molecule has 0 aliphatic rings. The van der Waals surface area contributed by atoms with Gasteiger partial charge in [0.1, 0.15) is 5.01 Å². The monoisotopic (exact) mass is 296 g/mol. The van der Waals surface area contributed by atoms with Crippen molar-refractivity contribution in [3.8, 4) is 9.88 Å². The lowest BCUT2D eigenvalue weighted by Crippen LogP contribution is -2.18. The SMILES string of the molecule is CCCc1nc(-c2cccs2)sc1CNCCOC. The Balaban J connectivity index is 2.07. The van der Waals surface area contributed by atoms with Crippen molar-refractivity contribution in [3.05, 3.63) is 28.1 Å². The van der Waals surface area contributed by atoms with Crippen molar-refractivity contribution in [2.75, 3.05) is 20.3 Å². The van der Waals surface area contributed by atoms with Crippen LogP contribution in [0.15, 0.2) is 17.5 Å². The van der Waals surface area contributed by atoms with Gasteiger partial charge in [0.25, 0.3) is 0 Å². The fourth-order valence-electron chi connectivity index (χ4n) is 1.84. The molecule has 2 aromatic rings. The van der Waals surface area contributed by atoms with Crippen LogP contribution in [0.25, 0.3) is 9.88 Å². The Kier molecular flexibility index (Phi) is 5.97. The first-order valence-electron chi connectivity index (χ1n) is 6.57. The van der Waals surface area contributed by atoms with E-state index < -0.39 is 0 Å². The van der Waals surface area contributed by atoms with Crippen LogP contribution in [0.2, 0.25) is 0 Å². The Bertz CT molecular complexity index is 480. The summed E-state index contributed by atoms with van der Waals surface area (Å²) in [6, 6.07) is 4.22. The molecule has 0 amide bonds. The molecule has 3 nitrogen and oxygen atoms in total. The van der Waals surface area contributed by atoms with E-state index >= 15 is 0 Å². The van der Waals surface area contributed by atoms with E-state index in [1.165, 1.54) is 15.4 Å². The van der Waals surface area contributed by atoms with E-state index in [1.807, 2.05) is 11.3 Å². The number of nitrogens with one attached hydrogen (secondary N) is 1. The second-order valence-corrected chi connectivity index (χ2v) is 6.32. The maximum Gasteiger partial charge on any atom is 0.133 e. The highest BCUT2D eigenvalue weighted by Crippen LogP contribution is 2.31. The van der Waals surface area contributed by atoms with Crippen LogP contribution in [0.1, 0.15) is 23.9 Å². The molecular formula is C14H20N2OS2. The topological polar surface area (TPSA) is 34.2 Å². The van der Waals surface area contributed by atoms with Crippen LogP contribution in [0.3, 0.4) is 0 Å². The first kappa shape index (κ1) is 14.7. The Labute approximate surface area is 122 Å². The number of methoxy groups -OCH3 is 1. The number of thiophene rings is 1. The molecule has 104 valence electrons. The summed E-state index contributed by atoms with van der Waals surface area (Å²) in [4.78, 5) is 7.43. The minimum atomic E-state index is 0.750. The van der Waals surface area contributed by atoms with Gasteiger partial charge < -0.3 is 10.1 Å². The Morgan fingerprint density at radius 2 is 2.32 bits per heavy atom. The number of ether oxygens (including phenoxy) is 1. The van der Waals surface area contributed by atoms with Gasteiger partial charge in [0, 0.05) is 25.1 Å². The maximum absolute atomic E-state index is 5.05. The van der Waals surface area contributed by atoms with Crippen LogP contribution in [0.4, 0.5) is 0 Å². The minimum absolute atomic E-state index is 0.750. The number of aromatic nitrogens is 1. The van der Waals surface area contributed by atoms with Crippen LogP contribution in [-0.2, 0) is 17.7 Å². The number of aryl methyl sites for hydroxylation is 1. The van der Waals surface area contributed by atoms with Gasteiger partial charge in [-0.2, -0.15) is 0 Å². The van der Waals surface area contributed by atoms with Gasteiger partial charge in [0.05, 0.1) is 17.2 Å². The quantitative estimate of drug-likeness (QED) is 0.756. The second-order valence-electron chi connectivity index (χ2n) is 4.29. The summed E-state index contributed by atoms with van der Waals surface area (Å²) in [5, 5.41) is 6.67. The lowest BCUT2D eigenvalue weighted by atomic mass is 10.2. The normalized spacial score (nSPS) is 11.1. The molecule has 0 radical (unpaired) electrons. The van der Waals surface area contributed by atoms with Crippen LogP contribution in [0.5, 0.6) is 0 Å². The first-order chi connectivity index (χ1) is 9.35. The van der Waals surface area contributed by atoms with Crippen molar-refractivity contribution in [2.24, 2.45) is 0 Å². The predicted octanol–water partition coefficient (Wildman–Crippen LogP) is 3.56. The summed E-state index contributed by atoms with van der Waals surface area (Å²) in [5.41, 5.74) is 1.25. The van der Waals surface area contributed by atoms with Crippen LogP contribution < -0.4 is 5.32 Å². The summed E-state index contributed by atoms with van der Waals surface area (Å²) in [6.45, 7) is 4.72. The van der Waals surface area contributed by atoms with Crippen LogP contribution in [0, 0.1) is 0 Å². The molecule has 0 saturated carbocycles. The zero-order chi connectivity index (χ0) is 13.5. The lowest BCUT2D eigenvalue weighted by Gasteiger charge is -2.03. The predicted molar refractivity (Wildman–Crippen MR) is 83.0 cm³/mol. The van der Waals surface area contributed by atoms with Gasteiger partial charge in [0.2, 0.25) is 0 Å². The molecule has 2 rings (SSSR count). The van der Waals surface area contributed by atoms with E-state index in [1.54, 1.807) is 18.4 Å². The summed E-state index contributed by atoms with van der Waals surface area (Å²) in [6.07, 6.45) is 2.20. The van der Waals surface area contributed by atoms with E-state index in [2.05, 4.69) is 29.8 Å². The van der Waals surface area contributed by atoms with E-state index in [4.69, 9.17) is 9.72 Å². The Morgan fingerprint density at radius 3 is 3.00 bits per heavy atom. The molecule has 2 aromatic heterocycles. The molecule has 0 aliphatic carbocycles. The van der Waals surface area contributed by atoms with Crippen molar-refractivity contribution in [2.45, 2.75) is 26.3 Å². The number of thiazole rings is 1. The Hall–Kier alpha value is -0.750. The highest BCUT2D eigenvalue weighted by molar-refractivity contribution is 7.21. The van der Waals surface area contributed by atoms with E-state index in [9.17, 15) is 0 Å². The standard InChI is InChI=1S/C14H20N2OS2/c1-3-5-11-13(10-15-7-8-17-2)19-14(16-11)12-6-4-9-18-12/h4,6,9,15H,3,5,7-8,10H2,1-2H3. The van der Waals surface area contributed by atoms with E-state index in [-0.39, 0.29) is 0 Å². The average molecular weight is 296 g/mol. The zero-order valence-electron chi connectivity index (χ0n) is 11.4. The summed E-state index contributed by atoms with van der Waals surface area (Å²) in [7, 11) is 1.73. The molecular weight excluding hydrogens is 276 g/mol. The third-order valence-corrected chi connectivity index (χ3v) is 4.90. The van der Waals surface area contributed by atoms with E-state index in [0.29, 0.717) is 0 Å². The average Bonchev–Trinajstić information content (AvgIpc) is 3.04. The van der Waals surface area contributed by atoms with E-state index in [0.717, 1.165) is 37.5 Å². The van der Waals surface area contributed by atoms with Gasteiger partial charge in [-0.15, -0.1) is 22.7 Å². The molecule has 0 unspecified atom stereocenters. The minimum Gasteiger partial charge on any atom is -0.383 e. The summed E-state index contributed by atoms with van der Waals surface area (Å²) < 4.78 is 5.05. The number of rotatable bonds is 8. The fourth-order valence-corrected chi connectivity index (χ4v) is 3.71. The summed E-state index contributed by atoms with van der Waals surface area (Å²) >= 11 is 3.57. The molecule has 5 heteroatoms. The third kappa shape index (κ3) is 4.11.